The maximum Gasteiger partial charge on any atom is 0.227 e. The number of para-hydroxylation sites is 2. The van der Waals surface area contributed by atoms with Crippen molar-refractivity contribution in [3.05, 3.63) is 98.7 Å². The number of benzene rings is 2. The molecule has 2 aromatic heterocycles. The fourth-order valence-corrected chi connectivity index (χ4v) is 5.44. The lowest BCUT2D eigenvalue weighted by molar-refractivity contribution is -0.132. The molecule has 6 rings (SSSR count). The van der Waals surface area contributed by atoms with Crippen LogP contribution in [0.25, 0.3) is 17.0 Å². The van der Waals surface area contributed by atoms with Crippen molar-refractivity contribution in [1.29, 1.82) is 0 Å². The second kappa shape index (κ2) is 9.87. The van der Waals surface area contributed by atoms with Gasteiger partial charge in [0.2, 0.25) is 17.1 Å². The van der Waals surface area contributed by atoms with Crippen LogP contribution < -0.4 is 10.2 Å². The third kappa shape index (κ3) is 4.37. The van der Waals surface area contributed by atoms with Gasteiger partial charge in [0.15, 0.2) is 5.76 Å². The maximum absolute atomic E-state index is 13.7. The number of amides is 1. The van der Waals surface area contributed by atoms with Gasteiger partial charge in [-0.15, -0.1) is 0 Å². The highest BCUT2D eigenvalue weighted by Gasteiger charge is 2.32. The molecule has 2 aromatic carbocycles. The zero-order valence-electron chi connectivity index (χ0n) is 21.0. The molecule has 8 heteroatoms. The largest absolute Gasteiger partial charge is 0.502 e. The number of ether oxygens (including phenoxy) is 2. The van der Waals surface area contributed by atoms with Gasteiger partial charge in [-0.1, -0.05) is 36.4 Å². The summed E-state index contributed by atoms with van der Waals surface area (Å²) in [6.45, 7) is 1.32. The van der Waals surface area contributed by atoms with Crippen LogP contribution >= 0.6 is 0 Å². The Hall–Kier alpha value is -4.30. The van der Waals surface area contributed by atoms with Crippen LogP contribution in [0.3, 0.4) is 0 Å². The van der Waals surface area contributed by atoms with Crippen molar-refractivity contribution in [2.45, 2.75) is 31.9 Å². The van der Waals surface area contributed by atoms with E-state index in [1.165, 1.54) is 24.1 Å². The van der Waals surface area contributed by atoms with E-state index >= 15 is 0 Å². The third-order valence-electron chi connectivity index (χ3n) is 7.32. The van der Waals surface area contributed by atoms with Gasteiger partial charge in [-0.25, -0.2) is 0 Å². The predicted molar refractivity (Wildman–Crippen MR) is 142 cm³/mol. The lowest BCUT2D eigenvalue weighted by Crippen LogP contribution is -2.37. The van der Waals surface area contributed by atoms with Crippen LogP contribution in [0, 0.1) is 0 Å². The molecule has 0 radical (unpaired) electrons. The summed E-state index contributed by atoms with van der Waals surface area (Å²) in [5.74, 6) is -0.221. The van der Waals surface area contributed by atoms with E-state index in [9.17, 15) is 14.7 Å². The summed E-state index contributed by atoms with van der Waals surface area (Å²) < 4.78 is 17.1. The molecule has 4 aromatic rings. The third-order valence-corrected chi connectivity index (χ3v) is 7.32. The Bertz CT molecular complexity index is 1610. The van der Waals surface area contributed by atoms with Crippen molar-refractivity contribution < 1.29 is 23.8 Å². The van der Waals surface area contributed by atoms with Crippen LogP contribution in [0.2, 0.25) is 0 Å². The molecule has 0 unspecified atom stereocenters. The Kier molecular flexibility index (Phi) is 6.25. The number of carbonyl (C=O) groups is 1. The molecule has 0 bridgehead atoms. The number of rotatable bonds is 6. The zero-order valence-corrected chi connectivity index (χ0v) is 21.0. The average molecular weight is 513 g/mol. The van der Waals surface area contributed by atoms with Gasteiger partial charge in [-0.3, -0.25) is 9.59 Å². The Morgan fingerprint density at radius 3 is 2.87 bits per heavy atom. The Morgan fingerprint density at radius 1 is 1.18 bits per heavy atom. The van der Waals surface area contributed by atoms with Gasteiger partial charge in [-0.2, -0.15) is 0 Å². The van der Waals surface area contributed by atoms with Crippen LogP contribution in [-0.4, -0.2) is 41.2 Å². The molecule has 0 saturated carbocycles. The summed E-state index contributed by atoms with van der Waals surface area (Å²) >= 11 is 0. The fraction of sp³-hybridized carbons (Fsp3) is 0.267. The molecule has 0 spiro atoms. The Balaban J connectivity index is 1.35. The number of aromatic nitrogens is 1. The molecule has 194 valence electrons. The van der Waals surface area contributed by atoms with Gasteiger partial charge in [0.25, 0.3) is 0 Å². The summed E-state index contributed by atoms with van der Waals surface area (Å²) in [6, 6.07) is 17.0. The minimum Gasteiger partial charge on any atom is -0.502 e. The van der Waals surface area contributed by atoms with E-state index in [2.05, 4.69) is 11.1 Å². The van der Waals surface area contributed by atoms with E-state index in [0.29, 0.717) is 13.1 Å². The molecule has 2 aliphatic heterocycles. The average Bonchev–Trinajstić information content (AvgIpc) is 3.31. The van der Waals surface area contributed by atoms with E-state index in [1.54, 1.807) is 0 Å². The van der Waals surface area contributed by atoms with Gasteiger partial charge in [0, 0.05) is 48.3 Å². The molecule has 0 saturated heterocycles. The highest BCUT2D eigenvalue weighted by Crippen LogP contribution is 2.39. The molecule has 4 heterocycles. The van der Waals surface area contributed by atoms with Crippen LogP contribution in [0.1, 0.15) is 40.7 Å². The van der Waals surface area contributed by atoms with Crippen molar-refractivity contribution >= 4 is 22.9 Å². The molecule has 8 nitrogen and oxygen atoms in total. The van der Waals surface area contributed by atoms with Crippen molar-refractivity contribution in [2.75, 3.05) is 20.3 Å². The summed E-state index contributed by atoms with van der Waals surface area (Å²) in [5, 5.41) is 12.0. The van der Waals surface area contributed by atoms with Crippen LogP contribution in [-0.2, 0) is 29.1 Å². The Labute approximate surface area is 219 Å². The highest BCUT2D eigenvalue weighted by molar-refractivity contribution is 5.86. The quantitative estimate of drug-likeness (QED) is 0.394. The summed E-state index contributed by atoms with van der Waals surface area (Å²) in [7, 11) is 1.50. The van der Waals surface area contributed by atoms with Crippen molar-refractivity contribution in [3.8, 4) is 11.5 Å². The standard InChI is InChI=1S/C30H28N2O6/c1-36-17-20-13-26(33)29(35)30(38-20)23(19-12-18-6-2-5-9-27(18)37-16-19)14-28(34)32-11-10-22-21-7-3-4-8-24(21)31-25(22)15-32/h2-9,12-13,23,31,35H,10-11,14-17H2,1H3/t23-/m0/s1. The first-order valence-corrected chi connectivity index (χ1v) is 12.6. The van der Waals surface area contributed by atoms with E-state index in [0.717, 1.165) is 34.5 Å². The van der Waals surface area contributed by atoms with Crippen molar-refractivity contribution in [1.82, 2.24) is 9.88 Å². The summed E-state index contributed by atoms with van der Waals surface area (Å²) in [5.41, 5.74) is 4.38. The van der Waals surface area contributed by atoms with E-state index in [-0.39, 0.29) is 37.1 Å². The SMILES string of the molecule is COCc1cc(=O)c(O)c([C@@H](CC(=O)N2CCc3c([nH]c4ccccc34)C2)C2=Cc3ccccc3OC2)o1. The first-order chi connectivity index (χ1) is 18.5. The lowest BCUT2D eigenvalue weighted by atomic mass is 9.88. The number of H-pyrrole nitrogens is 1. The van der Waals surface area contributed by atoms with Crippen molar-refractivity contribution in [2.24, 2.45) is 0 Å². The first kappa shape index (κ1) is 24.1. The van der Waals surface area contributed by atoms with Gasteiger partial charge in [0.05, 0.1) is 12.5 Å². The molecular formula is C30H28N2O6. The second-order valence-corrected chi connectivity index (χ2v) is 9.72. The minimum absolute atomic E-state index is 0.0137. The molecule has 0 aliphatic carbocycles. The highest BCUT2D eigenvalue weighted by atomic mass is 16.5. The minimum atomic E-state index is -0.690. The van der Waals surface area contributed by atoms with Gasteiger partial charge >= 0.3 is 0 Å². The van der Waals surface area contributed by atoms with Crippen LogP contribution in [0.4, 0.5) is 0 Å². The molecule has 2 aliphatic rings. The van der Waals surface area contributed by atoms with Gasteiger partial charge < -0.3 is 28.9 Å². The molecule has 1 atom stereocenters. The van der Waals surface area contributed by atoms with E-state index in [1.807, 2.05) is 53.4 Å². The smallest absolute Gasteiger partial charge is 0.227 e. The topological polar surface area (TPSA) is 105 Å². The fourth-order valence-electron chi connectivity index (χ4n) is 5.44. The maximum atomic E-state index is 13.7. The molecule has 2 N–H and O–H groups in total. The number of carbonyl (C=O) groups excluding carboxylic acids is 1. The van der Waals surface area contributed by atoms with E-state index < -0.39 is 17.1 Å². The molecule has 1 amide bonds. The van der Waals surface area contributed by atoms with Gasteiger partial charge in [0.1, 0.15) is 24.7 Å². The first-order valence-electron chi connectivity index (χ1n) is 12.6. The monoisotopic (exact) mass is 512 g/mol. The molecule has 38 heavy (non-hydrogen) atoms. The summed E-state index contributed by atoms with van der Waals surface area (Å²) in [4.78, 5) is 31.6. The van der Waals surface area contributed by atoms with Crippen LogP contribution in [0.15, 0.2) is 69.4 Å². The summed E-state index contributed by atoms with van der Waals surface area (Å²) in [6.07, 6.45) is 2.71. The Morgan fingerprint density at radius 2 is 2.00 bits per heavy atom. The lowest BCUT2D eigenvalue weighted by Gasteiger charge is -2.30. The number of nitrogens with one attached hydrogen (secondary N) is 1. The predicted octanol–water partition coefficient (Wildman–Crippen LogP) is 4.51. The number of nitrogens with zero attached hydrogens (tertiary/aromatic N) is 1. The zero-order chi connectivity index (χ0) is 26.2. The number of hydrogen-bond donors (Lipinski definition) is 2. The molecule has 0 fully saturated rings. The normalized spacial score (nSPS) is 15.4. The number of hydrogen-bond acceptors (Lipinski definition) is 6. The van der Waals surface area contributed by atoms with Crippen molar-refractivity contribution in [3.63, 3.8) is 0 Å². The number of methoxy groups -OCH3 is 1. The molecular weight excluding hydrogens is 484 g/mol. The van der Waals surface area contributed by atoms with E-state index in [4.69, 9.17) is 13.9 Å². The number of aromatic amines is 1. The second-order valence-electron chi connectivity index (χ2n) is 9.72. The number of fused-ring (bicyclic) bond motifs is 4. The number of aromatic hydroxyl groups is 1. The van der Waals surface area contributed by atoms with Gasteiger partial charge in [-0.05, 0) is 35.8 Å². The van der Waals surface area contributed by atoms with Crippen LogP contribution in [0.5, 0.6) is 11.5 Å².